The highest BCUT2D eigenvalue weighted by molar-refractivity contribution is 6.31. The van der Waals surface area contributed by atoms with Crippen LogP contribution in [0.2, 0.25) is 5.02 Å². The molecule has 0 N–H and O–H groups in total. The molecular formula is C17H24ClFN2O. The molecule has 0 aliphatic carbocycles. The Morgan fingerprint density at radius 1 is 1.36 bits per heavy atom. The second kappa shape index (κ2) is 7.42. The molecule has 1 aromatic rings. The lowest BCUT2D eigenvalue weighted by Crippen LogP contribution is -2.50. The van der Waals surface area contributed by atoms with Gasteiger partial charge in [-0.25, -0.2) is 4.39 Å². The topological polar surface area (TPSA) is 23.6 Å². The van der Waals surface area contributed by atoms with Gasteiger partial charge in [-0.15, -0.1) is 0 Å². The molecule has 1 amide bonds. The number of carbonyl (C=O) groups is 1. The number of carbonyl (C=O) groups excluding carboxylic acids is 1. The van der Waals surface area contributed by atoms with E-state index < -0.39 is 0 Å². The van der Waals surface area contributed by atoms with Crippen LogP contribution in [0.3, 0.4) is 0 Å². The van der Waals surface area contributed by atoms with E-state index in [1.807, 2.05) is 16.8 Å². The largest absolute Gasteiger partial charge is 0.336 e. The van der Waals surface area contributed by atoms with E-state index in [-0.39, 0.29) is 30.4 Å². The lowest BCUT2D eigenvalue weighted by Gasteiger charge is -2.39. The van der Waals surface area contributed by atoms with Gasteiger partial charge in [0.25, 0.3) is 0 Å². The molecule has 2 rings (SSSR count). The Balaban J connectivity index is 1.99. The highest BCUT2D eigenvalue weighted by Crippen LogP contribution is 2.23. The van der Waals surface area contributed by atoms with Crippen LogP contribution in [0.25, 0.3) is 0 Å². The summed E-state index contributed by atoms with van der Waals surface area (Å²) in [6.07, 6.45) is 3.28. The molecule has 1 aliphatic heterocycles. The number of piperidine rings is 1. The number of benzene rings is 1. The summed E-state index contributed by atoms with van der Waals surface area (Å²) in [6, 6.07) is 5.21. The molecule has 0 aromatic heterocycles. The number of amides is 1. The number of halogens is 2. The van der Waals surface area contributed by atoms with Crippen LogP contribution in [-0.2, 0) is 11.3 Å². The fourth-order valence-electron chi connectivity index (χ4n) is 3.23. The number of hydrogen-bond donors (Lipinski definition) is 0. The Bertz CT molecular complexity index is 507. The minimum atomic E-state index is -0.327. The first-order valence-electron chi connectivity index (χ1n) is 7.82. The average molecular weight is 327 g/mol. The summed E-state index contributed by atoms with van der Waals surface area (Å²) in [6.45, 7) is 4.80. The molecule has 1 aliphatic rings. The third kappa shape index (κ3) is 3.99. The molecule has 2 atom stereocenters. The van der Waals surface area contributed by atoms with Crippen molar-refractivity contribution in [3.05, 3.63) is 34.6 Å². The lowest BCUT2D eigenvalue weighted by molar-refractivity contribution is -0.138. The van der Waals surface area contributed by atoms with E-state index in [1.165, 1.54) is 12.5 Å². The van der Waals surface area contributed by atoms with Gasteiger partial charge >= 0.3 is 0 Å². The molecule has 3 nitrogen and oxygen atoms in total. The fraction of sp³-hybridized carbons (Fsp3) is 0.588. The molecule has 5 heteroatoms. The van der Waals surface area contributed by atoms with Crippen molar-refractivity contribution in [1.82, 2.24) is 9.80 Å². The standard InChI is InChI=1S/C17H24ClFN2O/c1-12-6-4-7-13(2)21(12)17(22)11-20(3)10-14-15(18)8-5-9-16(14)19/h5,8-9,12-13H,4,6-7,10-11H2,1-3H3. The fourth-order valence-corrected chi connectivity index (χ4v) is 3.46. The van der Waals surface area contributed by atoms with Gasteiger partial charge in [0.2, 0.25) is 5.91 Å². The predicted molar refractivity (Wildman–Crippen MR) is 87.4 cm³/mol. The van der Waals surface area contributed by atoms with Crippen molar-refractivity contribution in [1.29, 1.82) is 0 Å². The van der Waals surface area contributed by atoms with Gasteiger partial charge in [-0.1, -0.05) is 17.7 Å². The molecule has 1 heterocycles. The summed E-state index contributed by atoms with van der Waals surface area (Å²) in [5.41, 5.74) is 0.444. The summed E-state index contributed by atoms with van der Waals surface area (Å²) in [4.78, 5) is 16.3. The van der Waals surface area contributed by atoms with Gasteiger partial charge in [0, 0.05) is 29.2 Å². The number of rotatable bonds is 4. The Morgan fingerprint density at radius 2 is 2.00 bits per heavy atom. The van der Waals surface area contributed by atoms with Gasteiger partial charge in [0.1, 0.15) is 5.82 Å². The zero-order valence-corrected chi connectivity index (χ0v) is 14.2. The normalized spacial score (nSPS) is 22.2. The van der Waals surface area contributed by atoms with E-state index in [1.54, 1.807) is 12.1 Å². The Labute approximate surface area is 137 Å². The van der Waals surface area contributed by atoms with Crippen molar-refractivity contribution in [2.45, 2.75) is 51.7 Å². The smallest absolute Gasteiger partial charge is 0.237 e. The summed E-state index contributed by atoms with van der Waals surface area (Å²) in [5.74, 6) is -0.221. The highest BCUT2D eigenvalue weighted by atomic mass is 35.5. The zero-order valence-electron chi connectivity index (χ0n) is 13.5. The molecule has 122 valence electrons. The number of nitrogens with zero attached hydrogens (tertiary/aromatic N) is 2. The summed E-state index contributed by atoms with van der Waals surface area (Å²) in [5, 5.41) is 0.402. The van der Waals surface area contributed by atoms with E-state index in [0.29, 0.717) is 17.1 Å². The van der Waals surface area contributed by atoms with Crippen LogP contribution in [0, 0.1) is 5.82 Å². The summed E-state index contributed by atoms with van der Waals surface area (Å²) >= 11 is 6.04. The van der Waals surface area contributed by atoms with Gasteiger partial charge in [0.05, 0.1) is 6.54 Å². The van der Waals surface area contributed by atoms with Crippen LogP contribution in [0.4, 0.5) is 4.39 Å². The zero-order chi connectivity index (χ0) is 16.3. The van der Waals surface area contributed by atoms with Crippen LogP contribution in [0.1, 0.15) is 38.7 Å². The minimum absolute atomic E-state index is 0.106. The first kappa shape index (κ1) is 17.2. The quantitative estimate of drug-likeness (QED) is 0.842. The Hall–Kier alpha value is -1.13. The first-order chi connectivity index (χ1) is 10.4. The molecule has 1 aromatic carbocycles. The van der Waals surface area contributed by atoms with Crippen LogP contribution < -0.4 is 0 Å². The van der Waals surface area contributed by atoms with Crippen LogP contribution >= 0.6 is 11.6 Å². The second-order valence-electron chi connectivity index (χ2n) is 6.30. The van der Waals surface area contributed by atoms with Gasteiger partial charge in [-0.05, 0) is 52.3 Å². The van der Waals surface area contributed by atoms with Crippen molar-refractivity contribution in [2.75, 3.05) is 13.6 Å². The maximum absolute atomic E-state index is 13.8. The van der Waals surface area contributed by atoms with Gasteiger partial charge in [0.15, 0.2) is 0 Å². The summed E-state index contributed by atoms with van der Waals surface area (Å²) in [7, 11) is 1.82. The average Bonchev–Trinajstić information content (AvgIpc) is 2.43. The molecule has 2 unspecified atom stereocenters. The summed E-state index contributed by atoms with van der Waals surface area (Å²) < 4.78 is 13.8. The molecule has 0 bridgehead atoms. The maximum atomic E-state index is 13.8. The van der Waals surface area contributed by atoms with E-state index in [2.05, 4.69) is 13.8 Å². The maximum Gasteiger partial charge on any atom is 0.237 e. The Kier molecular flexibility index (Phi) is 5.81. The third-order valence-corrected chi connectivity index (χ3v) is 4.73. The highest BCUT2D eigenvalue weighted by Gasteiger charge is 2.29. The first-order valence-corrected chi connectivity index (χ1v) is 8.20. The van der Waals surface area contributed by atoms with E-state index >= 15 is 0 Å². The molecule has 0 spiro atoms. The predicted octanol–water partition coefficient (Wildman–Crippen LogP) is 3.70. The van der Waals surface area contributed by atoms with E-state index in [4.69, 9.17) is 11.6 Å². The van der Waals surface area contributed by atoms with Crippen molar-refractivity contribution in [3.63, 3.8) is 0 Å². The molecule has 1 fully saturated rings. The van der Waals surface area contributed by atoms with Crippen LogP contribution in [-0.4, -0.2) is 41.4 Å². The van der Waals surface area contributed by atoms with Gasteiger partial charge < -0.3 is 4.90 Å². The van der Waals surface area contributed by atoms with Crippen molar-refractivity contribution >= 4 is 17.5 Å². The van der Waals surface area contributed by atoms with Crippen LogP contribution in [0.15, 0.2) is 18.2 Å². The molecule has 1 saturated heterocycles. The molecule has 0 radical (unpaired) electrons. The molecule has 22 heavy (non-hydrogen) atoms. The number of hydrogen-bond acceptors (Lipinski definition) is 2. The SMILES string of the molecule is CC1CCCC(C)N1C(=O)CN(C)Cc1c(F)cccc1Cl. The van der Waals surface area contributed by atoms with Crippen LogP contribution in [0.5, 0.6) is 0 Å². The van der Waals surface area contributed by atoms with Crippen molar-refractivity contribution in [3.8, 4) is 0 Å². The van der Waals surface area contributed by atoms with Gasteiger partial charge in [-0.2, -0.15) is 0 Å². The van der Waals surface area contributed by atoms with Crippen molar-refractivity contribution < 1.29 is 9.18 Å². The third-order valence-electron chi connectivity index (χ3n) is 4.38. The lowest BCUT2D eigenvalue weighted by atomic mass is 9.97. The monoisotopic (exact) mass is 326 g/mol. The van der Waals surface area contributed by atoms with E-state index in [9.17, 15) is 9.18 Å². The number of likely N-dealkylation sites (tertiary alicyclic amines) is 1. The molecule has 0 saturated carbocycles. The van der Waals surface area contributed by atoms with Crippen molar-refractivity contribution in [2.24, 2.45) is 0 Å². The molecular weight excluding hydrogens is 303 g/mol. The second-order valence-corrected chi connectivity index (χ2v) is 6.71. The van der Waals surface area contributed by atoms with Gasteiger partial charge in [-0.3, -0.25) is 9.69 Å². The van der Waals surface area contributed by atoms with E-state index in [0.717, 1.165) is 12.8 Å². The number of likely N-dealkylation sites (N-methyl/N-ethyl adjacent to an activating group) is 1. The minimum Gasteiger partial charge on any atom is -0.336 e. The Morgan fingerprint density at radius 3 is 2.59 bits per heavy atom.